The van der Waals surface area contributed by atoms with Gasteiger partial charge >= 0.3 is 5.97 Å². The summed E-state index contributed by atoms with van der Waals surface area (Å²) in [5, 5.41) is 9.17. The highest BCUT2D eigenvalue weighted by atomic mass is 16.5. The second-order valence-corrected chi connectivity index (χ2v) is 5.01. The van der Waals surface area contributed by atoms with Crippen LogP contribution in [-0.4, -0.2) is 17.6 Å². The Hall–Kier alpha value is -3.27. The van der Waals surface area contributed by atoms with Gasteiger partial charge in [-0.1, -0.05) is 24.3 Å². The lowest BCUT2D eigenvalue weighted by atomic mass is 10.1. The number of oxazole rings is 1. The summed E-state index contributed by atoms with van der Waals surface area (Å²) >= 11 is 0. The number of nitriles is 1. The van der Waals surface area contributed by atoms with Crippen molar-refractivity contribution >= 4 is 11.9 Å². The molecule has 0 saturated carbocycles. The molecule has 2 rings (SSSR count). The molecule has 24 heavy (non-hydrogen) atoms. The maximum Gasteiger partial charge on any atom is 0.311 e. The monoisotopic (exact) mass is 326 g/mol. The van der Waals surface area contributed by atoms with Gasteiger partial charge in [0.05, 0.1) is 13.0 Å². The molecule has 0 bridgehead atoms. The Balaban J connectivity index is 2.05. The number of ether oxygens (including phenoxy) is 1. The fraction of sp³-hybridized carbons (Fsp3) is 0.235. The van der Waals surface area contributed by atoms with Gasteiger partial charge in [-0.25, -0.2) is 0 Å². The molecule has 0 unspecified atom stereocenters. The Bertz CT molecular complexity index is 772. The van der Waals surface area contributed by atoms with Crippen LogP contribution in [0.15, 0.2) is 41.0 Å². The van der Waals surface area contributed by atoms with E-state index in [0.29, 0.717) is 18.2 Å². The molecular weight excluding hydrogens is 308 g/mol. The second kappa shape index (κ2) is 7.83. The Morgan fingerprint density at radius 2 is 2.12 bits per heavy atom. The van der Waals surface area contributed by atoms with Crippen LogP contribution in [0.3, 0.4) is 0 Å². The first kappa shape index (κ1) is 17.1. The van der Waals surface area contributed by atoms with E-state index in [1.54, 1.807) is 6.92 Å². The van der Waals surface area contributed by atoms with E-state index < -0.39 is 5.97 Å². The lowest BCUT2D eigenvalue weighted by Gasteiger charge is -2.09. The van der Waals surface area contributed by atoms with Gasteiger partial charge in [0, 0.05) is 11.3 Å². The third-order valence-electron chi connectivity index (χ3n) is 3.05. The zero-order valence-electron chi connectivity index (χ0n) is 13.5. The number of rotatable bonds is 7. The van der Waals surface area contributed by atoms with Crippen molar-refractivity contribution in [2.45, 2.75) is 20.3 Å². The van der Waals surface area contributed by atoms with Gasteiger partial charge in [0.15, 0.2) is 0 Å². The first-order valence-corrected chi connectivity index (χ1v) is 7.37. The average Bonchev–Trinajstić information content (AvgIpc) is 2.97. The normalized spacial score (nSPS) is 9.88. The van der Waals surface area contributed by atoms with Gasteiger partial charge in [0.25, 0.3) is 5.88 Å². The van der Waals surface area contributed by atoms with Gasteiger partial charge in [0.2, 0.25) is 11.6 Å². The zero-order chi connectivity index (χ0) is 17.5. The minimum absolute atomic E-state index is 0.00167. The van der Waals surface area contributed by atoms with Crippen LogP contribution in [0.2, 0.25) is 0 Å². The van der Waals surface area contributed by atoms with Crippen LogP contribution in [0, 0.1) is 18.3 Å². The number of aryl methyl sites for hydroxylation is 1. The van der Waals surface area contributed by atoms with Crippen molar-refractivity contribution in [3.8, 4) is 17.5 Å². The van der Waals surface area contributed by atoms with E-state index in [1.165, 1.54) is 0 Å². The second-order valence-electron chi connectivity index (χ2n) is 5.01. The summed E-state index contributed by atoms with van der Waals surface area (Å²) in [6.07, 6.45) is 0.00167. The molecule has 0 radical (unpaired) electrons. The predicted octanol–water partition coefficient (Wildman–Crippen LogP) is 2.91. The van der Waals surface area contributed by atoms with E-state index in [0.717, 1.165) is 11.1 Å². The third kappa shape index (κ3) is 4.36. The quantitative estimate of drug-likeness (QED) is 0.596. The number of aromatic nitrogens is 1. The van der Waals surface area contributed by atoms with Gasteiger partial charge in [-0.15, -0.1) is 0 Å². The Kier molecular flexibility index (Phi) is 5.58. The van der Waals surface area contributed by atoms with Gasteiger partial charge in [-0.3, -0.25) is 10.2 Å². The molecule has 124 valence electrons. The minimum Gasteiger partial charge on any atom is -0.466 e. The highest BCUT2D eigenvalue weighted by molar-refractivity contribution is 5.72. The molecule has 2 aromatic rings. The van der Waals surface area contributed by atoms with Crippen LogP contribution in [0.4, 0.5) is 5.88 Å². The zero-order valence-corrected chi connectivity index (χ0v) is 13.5. The third-order valence-corrected chi connectivity index (χ3v) is 3.05. The molecule has 0 atom stereocenters. The molecule has 2 N–H and O–H groups in total. The van der Waals surface area contributed by atoms with Crippen LogP contribution in [0.1, 0.15) is 24.6 Å². The van der Waals surface area contributed by atoms with Crippen LogP contribution in [0.25, 0.3) is 11.5 Å². The number of nitrogens with zero attached hydrogens (tertiary/aromatic N) is 2. The van der Waals surface area contributed by atoms with Crippen LogP contribution >= 0.6 is 0 Å². The van der Waals surface area contributed by atoms with E-state index in [9.17, 15) is 4.79 Å². The van der Waals surface area contributed by atoms with Crippen molar-refractivity contribution in [2.75, 3.05) is 12.0 Å². The van der Waals surface area contributed by atoms with E-state index in [1.807, 2.05) is 37.3 Å². The molecule has 0 aliphatic rings. The highest BCUT2D eigenvalue weighted by Gasteiger charge is 2.15. The fourth-order valence-electron chi connectivity index (χ4n) is 1.88. The summed E-state index contributed by atoms with van der Waals surface area (Å²) in [6.45, 7) is 7.72. The van der Waals surface area contributed by atoms with Crippen molar-refractivity contribution < 1.29 is 13.9 Å². The first-order valence-electron chi connectivity index (χ1n) is 7.37. The molecule has 7 heteroatoms. The number of esters is 1. The summed E-state index contributed by atoms with van der Waals surface area (Å²) in [5.74, 6) is 0.0835. The van der Waals surface area contributed by atoms with Crippen LogP contribution in [0.5, 0.6) is 0 Å². The van der Waals surface area contributed by atoms with Gasteiger partial charge in [-0.2, -0.15) is 10.2 Å². The Morgan fingerprint density at radius 3 is 2.75 bits per heavy atom. The first-order chi connectivity index (χ1) is 11.5. The minimum atomic E-state index is -0.393. The van der Waals surface area contributed by atoms with Gasteiger partial charge in [-0.05, 0) is 26.0 Å². The smallest absolute Gasteiger partial charge is 0.311 e. The summed E-state index contributed by atoms with van der Waals surface area (Å²) in [5.41, 5.74) is 7.76. The summed E-state index contributed by atoms with van der Waals surface area (Å²) in [7, 11) is 0. The largest absolute Gasteiger partial charge is 0.466 e. The molecule has 0 fully saturated rings. The topological polar surface area (TPSA) is 100 Å². The van der Waals surface area contributed by atoms with Crippen LogP contribution in [-0.2, 0) is 9.53 Å². The summed E-state index contributed by atoms with van der Waals surface area (Å²) in [6, 6.07) is 9.53. The number of hydrogen-bond donors (Lipinski definition) is 2. The number of hydrogen-bond acceptors (Lipinski definition) is 7. The Morgan fingerprint density at radius 1 is 1.42 bits per heavy atom. The number of hydrazine groups is 1. The average molecular weight is 326 g/mol. The van der Waals surface area contributed by atoms with Gasteiger partial charge < -0.3 is 14.6 Å². The number of carbonyl (C=O) groups is 1. The van der Waals surface area contributed by atoms with Gasteiger partial charge in [0.1, 0.15) is 6.07 Å². The maximum atomic E-state index is 11.4. The van der Waals surface area contributed by atoms with Crippen molar-refractivity contribution in [1.82, 2.24) is 10.4 Å². The molecule has 1 aromatic carbocycles. The predicted molar refractivity (Wildman–Crippen MR) is 88.5 cm³/mol. The van der Waals surface area contributed by atoms with Crippen molar-refractivity contribution in [1.29, 1.82) is 5.26 Å². The molecule has 0 spiro atoms. The molecule has 0 amide bonds. The van der Waals surface area contributed by atoms with E-state index in [4.69, 9.17) is 14.4 Å². The number of benzene rings is 1. The number of anilines is 1. The summed E-state index contributed by atoms with van der Waals surface area (Å²) < 4.78 is 10.4. The molecule has 0 saturated heterocycles. The molecule has 1 aromatic heterocycles. The van der Waals surface area contributed by atoms with E-state index in [2.05, 4.69) is 22.4 Å². The maximum absolute atomic E-state index is 11.4. The van der Waals surface area contributed by atoms with Crippen molar-refractivity contribution in [3.63, 3.8) is 0 Å². The molecule has 7 nitrogen and oxygen atoms in total. The fourth-order valence-corrected chi connectivity index (χ4v) is 1.88. The summed E-state index contributed by atoms with van der Waals surface area (Å²) in [4.78, 5) is 15.5. The molecule has 0 aliphatic heterocycles. The van der Waals surface area contributed by atoms with Crippen molar-refractivity contribution in [3.05, 3.63) is 47.8 Å². The molecule has 1 heterocycles. The molecule has 0 aliphatic carbocycles. The van der Waals surface area contributed by atoms with Crippen LogP contribution < -0.4 is 10.9 Å². The molecular formula is C17H18N4O3. The van der Waals surface area contributed by atoms with Crippen molar-refractivity contribution in [2.24, 2.45) is 0 Å². The standard InChI is InChI=1S/C17H18N4O3/c1-4-23-15(22)9-12(3)20-21-17-14(10-18)19-16(24-17)13-7-5-11(2)6-8-13/h5-8,20-21H,3-4,9H2,1-2H3. The SMILES string of the molecule is C=C(CC(=O)OCC)NNc1oc(-c2ccc(C)cc2)nc1C#N. The highest BCUT2D eigenvalue weighted by Crippen LogP contribution is 2.25. The van der Waals surface area contributed by atoms with E-state index in [-0.39, 0.29) is 18.0 Å². The lowest BCUT2D eigenvalue weighted by molar-refractivity contribution is -0.142. The number of carbonyl (C=O) groups excluding carboxylic acids is 1. The lowest BCUT2D eigenvalue weighted by Crippen LogP contribution is -2.22. The Labute approximate surface area is 139 Å². The van der Waals surface area contributed by atoms with E-state index >= 15 is 0 Å². The number of nitrogens with one attached hydrogen (secondary N) is 2.